The number of halogens is 3. The Kier molecular flexibility index (Phi) is 6.20. The van der Waals surface area contributed by atoms with E-state index in [1.807, 2.05) is 0 Å². The first-order chi connectivity index (χ1) is 15.3. The summed E-state index contributed by atoms with van der Waals surface area (Å²) >= 11 is 1.34. The van der Waals surface area contributed by atoms with Crippen molar-refractivity contribution in [3.63, 3.8) is 0 Å². The Morgan fingerprint density at radius 3 is 2.84 bits per heavy atom. The molecule has 7 nitrogen and oxygen atoms in total. The lowest BCUT2D eigenvalue weighted by molar-refractivity contribution is -0.136. The van der Waals surface area contributed by atoms with Crippen molar-refractivity contribution in [2.24, 2.45) is 0 Å². The number of hydrogen-bond donors (Lipinski definition) is 1. The molecule has 1 aliphatic heterocycles. The zero-order valence-corrected chi connectivity index (χ0v) is 18.1. The predicted octanol–water partition coefficient (Wildman–Crippen LogP) is 4.10. The van der Waals surface area contributed by atoms with Crippen LogP contribution in [0.1, 0.15) is 22.4 Å². The van der Waals surface area contributed by atoms with E-state index in [0.29, 0.717) is 36.2 Å². The van der Waals surface area contributed by atoms with Crippen LogP contribution in [0, 0.1) is 0 Å². The fraction of sp³-hybridized carbons (Fsp3) is 0.381. The van der Waals surface area contributed by atoms with E-state index >= 15 is 0 Å². The molecule has 4 rings (SSSR count). The van der Waals surface area contributed by atoms with Gasteiger partial charge in [-0.1, -0.05) is 12.1 Å². The van der Waals surface area contributed by atoms with Gasteiger partial charge in [-0.3, -0.25) is 9.36 Å². The van der Waals surface area contributed by atoms with Gasteiger partial charge in [-0.15, -0.1) is 11.3 Å². The second kappa shape index (κ2) is 8.91. The molecule has 0 saturated heterocycles. The molecule has 0 fully saturated rings. The van der Waals surface area contributed by atoms with Crippen LogP contribution in [-0.4, -0.2) is 40.7 Å². The van der Waals surface area contributed by atoms with Gasteiger partial charge in [0.15, 0.2) is 0 Å². The lowest BCUT2D eigenvalue weighted by Crippen LogP contribution is -2.39. The Bertz CT molecular complexity index is 1210. The number of carbonyl (C=O) groups excluding carboxylic acids is 1. The summed E-state index contributed by atoms with van der Waals surface area (Å²) in [5.74, 6) is 0. The Morgan fingerprint density at radius 2 is 2.09 bits per heavy atom. The molecule has 0 spiro atoms. The molecule has 0 bridgehead atoms. The summed E-state index contributed by atoms with van der Waals surface area (Å²) in [6.45, 7) is 1.53. The number of aryl methyl sites for hydroxylation is 1. The number of fused-ring (bicyclic) bond motifs is 3. The third-order valence-electron chi connectivity index (χ3n) is 5.34. The molecule has 3 heterocycles. The highest BCUT2D eigenvalue weighted by molar-refractivity contribution is 7.18. The highest BCUT2D eigenvalue weighted by Gasteiger charge is 2.34. The Balaban J connectivity index is 1.55. The van der Waals surface area contributed by atoms with Gasteiger partial charge in [0.05, 0.1) is 29.5 Å². The summed E-state index contributed by atoms with van der Waals surface area (Å²) in [6.07, 6.45) is -1.94. The van der Waals surface area contributed by atoms with Gasteiger partial charge in [0.25, 0.3) is 5.56 Å². The van der Waals surface area contributed by atoms with Gasteiger partial charge in [-0.25, -0.2) is 9.78 Å². The van der Waals surface area contributed by atoms with Gasteiger partial charge in [0.2, 0.25) is 0 Å². The van der Waals surface area contributed by atoms with Crippen molar-refractivity contribution in [3.8, 4) is 0 Å². The maximum absolute atomic E-state index is 13.2. The molecule has 170 valence electrons. The predicted molar refractivity (Wildman–Crippen MR) is 115 cm³/mol. The zero-order chi connectivity index (χ0) is 22.9. The van der Waals surface area contributed by atoms with E-state index in [9.17, 15) is 22.8 Å². The third kappa shape index (κ3) is 4.35. The van der Waals surface area contributed by atoms with Gasteiger partial charge in [-0.05, 0) is 30.5 Å². The van der Waals surface area contributed by atoms with Crippen molar-refractivity contribution in [3.05, 3.63) is 57.0 Å². The second-order valence-corrected chi connectivity index (χ2v) is 8.50. The molecule has 11 heteroatoms. The monoisotopic (exact) mass is 466 g/mol. The molecule has 1 aliphatic rings. The molecular weight excluding hydrogens is 445 g/mol. The fourth-order valence-electron chi connectivity index (χ4n) is 3.76. The van der Waals surface area contributed by atoms with Crippen molar-refractivity contribution in [2.75, 3.05) is 25.6 Å². The van der Waals surface area contributed by atoms with Crippen LogP contribution in [0.15, 0.2) is 35.4 Å². The first kappa shape index (κ1) is 22.3. The van der Waals surface area contributed by atoms with Crippen LogP contribution in [0.3, 0.4) is 0 Å². The quantitative estimate of drug-likeness (QED) is 0.575. The van der Waals surface area contributed by atoms with E-state index in [-0.39, 0.29) is 24.3 Å². The topological polar surface area (TPSA) is 76.5 Å². The highest BCUT2D eigenvalue weighted by atomic mass is 32.1. The van der Waals surface area contributed by atoms with Crippen LogP contribution in [0.5, 0.6) is 0 Å². The van der Waals surface area contributed by atoms with E-state index < -0.39 is 17.8 Å². The van der Waals surface area contributed by atoms with E-state index in [0.717, 1.165) is 16.5 Å². The Labute approximate surface area is 185 Å². The number of ether oxygens (including phenoxy) is 1. The van der Waals surface area contributed by atoms with Crippen LogP contribution in [-0.2, 0) is 30.4 Å². The molecule has 1 aromatic carbocycles. The minimum atomic E-state index is -4.57. The molecule has 0 unspecified atom stereocenters. The number of urea groups is 1. The normalized spacial score (nSPS) is 13.9. The molecule has 3 aromatic rings. The number of para-hydroxylation sites is 1. The second-order valence-electron chi connectivity index (χ2n) is 7.42. The Hall–Kier alpha value is -2.92. The summed E-state index contributed by atoms with van der Waals surface area (Å²) in [5.41, 5.74) is -0.442. The number of hydrogen-bond acceptors (Lipinski definition) is 5. The molecule has 0 aliphatic carbocycles. The lowest BCUT2D eigenvalue weighted by atomic mass is 10.1. The number of nitrogens with one attached hydrogen (secondary N) is 1. The van der Waals surface area contributed by atoms with Crippen molar-refractivity contribution in [1.82, 2.24) is 14.5 Å². The molecule has 0 atom stereocenters. The Morgan fingerprint density at radius 1 is 1.31 bits per heavy atom. The number of amides is 2. The minimum Gasteiger partial charge on any atom is -0.385 e. The van der Waals surface area contributed by atoms with Crippen LogP contribution >= 0.6 is 11.3 Å². The van der Waals surface area contributed by atoms with Gasteiger partial charge < -0.3 is 15.0 Å². The summed E-state index contributed by atoms with van der Waals surface area (Å²) in [4.78, 5) is 32.9. The van der Waals surface area contributed by atoms with Crippen LogP contribution in [0.2, 0.25) is 0 Å². The third-order valence-corrected chi connectivity index (χ3v) is 6.46. The number of aromatic nitrogens is 2. The van der Waals surface area contributed by atoms with Crippen molar-refractivity contribution >= 4 is 33.3 Å². The van der Waals surface area contributed by atoms with E-state index in [2.05, 4.69) is 10.3 Å². The molecule has 32 heavy (non-hydrogen) atoms. The van der Waals surface area contributed by atoms with Gasteiger partial charge in [0, 0.05) is 31.7 Å². The standard InChI is InChI=1S/C21H21F3N4O3S/c1-31-10-4-8-28-12-25-18-17(19(28)29)13-7-9-27(11-16(13)32-18)20(30)26-15-6-3-2-5-14(15)21(22,23)24/h2-3,5-6,12H,4,7-11H2,1H3,(H,26,30). The number of rotatable bonds is 5. The lowest BCUT2D eigenvalue weighted by Gasteiger charge is -2.27. The average Bonchev–Trinajstić information content (AvgIpc) is 3.13. The minimum absolute atomic E-state index is 0.124. The van der Waals surface area contributed by atoms with Crippen molar-refractivity contribution in [1.29, 1.82) is 0 Å². The van der Waals surface area contributed by atoms with Crippen LogP contribution in [0.25, 0.3) is 10.2 Å². The first-order valence-corrected chi connectivity index (χ1v) is 10.8. The first-order valence-electron chi connectivity index (χ1n) is 10.0. The van der Waals surface area contributed by atoms with Gasteiger partial charge >= 0.3 is 12.2 Å². The molecule has 2 amide bonds. The van der Waals surface area contributed by atoms with E-state index in [4.69, 9.17) is 4.74 Å². The summed E-state index contributed by atoms with van der Waals surface area (Å²) in [5, 5.41) is 2.94. The zero-order valence-electron chi connectivity index (χ0n) is 17.2. The number of alkyl halides is 3. The largest absolute Gasteiger partial charge is 0.418 e. The summed E-state index contributed by atoms with van der Waals surface area (Å²) in [7, 11) is 1.60. The van der Waals surface area contributed by atoms with Gasteiger partial charge in [0.1, 0.15) is 4.83 Å². The number of methoxy groups -OCH3 is 1. The molecular formula is C21H21F3N4O3S. The number of thiophene rings is 1. The number of nitrogens with zero attached hydrogens (tertiary/aromatic N) is 3. The highest BCUT2D eigenvalue weighted by Crippen LogP contribution is 2.35. The van der Waals surface area contributed by atoms with Crippen molar-refractivity contribution < 1.29 is 22.7 Å². The number of anilines is 1. The smallest absolute Gasteiger partial charge is 0.385 e. The van der Waals surface area contributed by atoms with Crippen molar-refractivity contribution in [2.45, 2.75) is 32.1 Å². The SMILES string of the molecule is COCCCn1cnc2sc3c(c2c1=O)CCN(C(=O)Nc1ccccc1C(F)(F)F)C3. The van der Waals surface area contributed by atoms with E-state index in [1.165, 1.54) is 40.8 Å². The number of carbonyl (C=O) groups is 1. The maximum atomic E-state index is 13.2. The summed E-state index contributed by atoms with van der Waals surface area (Å²) < 4.78 is 46.2. The molecule has 2 aromatic heterocycles. The maximum Gasteiger partial charge on any atom is 0.418 e. The fourth-order valence-corrected chi connectivity index (χ4v) is 4.96. The summed E-state index contributed by atoms with van der Waals surface area (Å²) in [6, 6.07) is 4.26. The molecule has 1 N–H and O–H groups in total. The average molecular weight is 466 g/mol. The number of benzene rings is 1. The van der Waals surface area contributed by atoms with E-state index in [1.54, 1.807) is 11.7 Å². The van der Waals surface area contributed by atoms with Crippen LogP contribution < -0.4 is 10.9 Å². The molecule has 0 radical (unpaired) electrons. The molecule has 0 saturated carbocycles. The van der Waals surface area contributed by atoms with Gasteiger partial charge in [-0.2, -0.15) is 13.2 Å². The van der Waals surface area contributed by atoms with Crippen LogP contribution in [0.4, 0.5) is 23.7 Å².